The minimum Gasteiger partial charge on any atom is -0.490 e. The number of nitrogens with one attached hydrogen (secondary N) is 3. The van der Waals surface area contributed by atoms with Crippen LogP contribution >= 0.6 is 0 Å². The van der Waals surface area contributed by atoms with Crippen molar-refractivity contribution in [3.05, 3.63) is 53.6 Å². The van der Waals surface area contributed by atoms with Gasteiger partial charge in [-0.05, 0) is 88.4 Å². The largest absolute Gasteiger partial charge is 0.490 e. The summed E-state index contributed by atoms with van der Waals surface area (Å²) < 4.78 is 51.5. The molecule has 2 aliphatic rings. The predicted molar refractivity (Wildman–Crippen MR) is 189 cm³/mol. The molecular formula is C37H52F3N5O6. The third-order valence-electron chi connectivity index (χ3n) is 9.51. The van der Waals surface area contributed by atoms with Gasteiger partial charge in [-0.15, -0.1) is 0 Å². The van der Waals surface area contributed by atoms with E-state index in [4.69, 9.17) is 9.47 Å². The predicted octanol–water partition coefficient (Wildman–Crippen LogP) is 7.12. The summed E-state index contributed by atoms with van der Waals surface area (Å²) in [5, 5.41) is 18.5. The lowest BCUT2D eigenvalue weighted by Crippen LogP contribution is -2.50. The SMILES string of the molecule is C[C@@H]1CCCCO[C@H](CN(C)C(=O)NC2CCCCC2)[C@@H](C)CN([C@H](C)CO)C(=O)c2cc(NC(=O)Nc3ccc(C(F)(F)F)cc3)ccc2O1. The van der Waals surface area contributed by atoms with Crippen LogP contribution in [0.5, 0.6) is 5.75 Å². The number of anilines is 2. The Morgan fingerprint density at radius 3 is 2.29 bits per heavy atom. The fraction of sp³-hybridized carbons (Fsp3) is 0.595. The summed E-state index contributed by atoms with van der Waals surface area (Å²) in [4.78, 5) is 43.5. The van der Waals surface area contributed by atoms with E-state index in [0.717, 1.165) is 62.8 Å². The quantitative estimate of drug-likeness (QED) is 0.241. The molecule has 1 saturated carbocycles. The summed E-state index contributed by atoms with van der Waals surface area (Å²) in [6, 6.07) is 7.40. The maximum absolute atomic E-state index is 14.4. The number of fused-ring (bicyclic) bond motifs is 1. The summed E-state index contributed by atoms with van der Waals surface area (Å²) in [5.41, 5.74) is -0.271. The molecule has 4 rings (SSSR count). The van der Waals surface area contributed by atoms with Crippen molar-refractivity contribution in [2.24, 2.45) is 5.92 Å². The Labute approximate surface area is 298 Å². The third kappa shape index (κ3) is 11.7. The van der Waals surface area contributed by atoms with Gasteiger partial charge < -0.3 is 40.3 Å². The van der Waals surface area contributed by atoms with E-state index in [9.17, 15) is 32.7 Å². The minimum atomic E-state index is -4.50. The number of ether oxygens (including phenoxy) is 2. The molecule has 5 amide bonds. The van der Waals surface area contributed by atoms with E-state index in [0.29, 0.717) is 25.3 Å². The monoisotopic (exact) mass is 719 g/mol. The second-order valence-corrected chi connectivity index (χ2v) is 13.8. The Morgan fingerprint density at radius 2 is 1.63 bits per heavy atom. The van der Waals surface area contributed by atoms with Crippen molar-refractivity contribution in [1.29, 1.82) is 0 Å². The lowest BCUT2D eigenvalue weighted by Gasteiger charge is -2.36. The molecule has 2 aromatic carbocycles. The number of alkyl halides is 3. The van der Waals surface area contributed by atoms with Gasteiger partial charge in [0, 0.05) is 50.1 Å². The Balaban J connectivity index is 1.55. The van der Waals surface area contributed by atoms with Crippen LogP contribution < -0.4 is 20.7 Å². The minimum absolute atomic E-state index is 0.151. The molecule has 1 heterocycles. The molecule has 0 unspecified atom stereocenters. The second kappa shape index (κ2) is 18.5. The van der Waals surface area contributed by atoms with Gasteiger partial charge in [0.05, 0.1) is 36.0 Å². The highest BCUT2D eigenvalue weighted by Gasteiger charge is 2.32. The smallest absolute Gasteiger partial charge is 0.416 e. The average Bonchev–Trinajstić information content (AvgIpc) is 3.09. The zero-order valence-electron chi connectivity index (χ0n) is 29.9. The summed E-state index contributed by atoms with van der Waals surface area (Å²) in [6.45, 7) is 6.27. The number of nitrogens with zero attached hydrogens (tertiary/aromatic N) is 2. The first-order chi connectivity index (χ1) is 24.2. The van der Waals surface area contributed by atoms with Crippen LogP contribution in [0.25, 0.3) is 0 Å². The molecule has 0 radical (unpaired) electrons. The summed E-state index contributed by atoms with van der Waals surface area (Å²) in [7, 11) is 1.75. The standard InChI is InChI=1S/C37H52F3N5O6/c1-24-21-45(25(2)23-46)34(47)31-20-30(42-35(48)41-29-15-13-27(14-16-29)37(38,39)40)17-18-32(31)51-26(3)10-8-9-19-50-33(24)22-44(4)36(49)43-28-11-6-5-7-12-28/h13-18,20,24-26,28,33,46H,5-12,19,21-23H2,1-4H3,(H,43,49)(H2,41,42,48)/t24-,25+,26+,33+/m0/s1. The van der Waals surface area contributed by atoms with E-state index >= 15 is 0 Å². The first kappa shape index (κ1) is 39.7. The molecule has 2 aromatic rings. The average molecular weight is 720 g/mol. The molecule has 1 aliphatic heterocycles. The second-order valence-electron chi connectivity index (χ2n) is 13.8. The first-order valence-corrected chi connectivity index (χ1v) is 17.9. The molecule has 51 heavy (non-hydrogen) atoms. The molecule has 11 nitrogen and oxygen atoms in total. The summed E-state index contributed by atoms with van der Waals surface area (Å²) >= 11 is 0. The van der Waals surface area contributed by atoms with Crippen molar-refractivity contribution in [2.75, 3.05) is 44.0 Å². The van der Waals surface area contributed by atoms with E-state index in [-0.39, 0.29) is 54.2 Å². The summed E-state index contributed by atoms with van der Waals surface area (Å²) in [5.74, 6) is -0.362. The van der Waals surface area contributed by atoms with Crippen LogP contribution in [0.2, 0.25) is 0 Å². The van der Waals surface area contributed by atoms with Crippen molar-refractivity contribution in [3.63, 3.8) is 0 Å². The number of carbonyl (C=O) groups is 3. The van der Waals surface area contributed by atoms with Crippen LogP contribution in [0.1, 0.15) is 88.1 Å². The first-order valence-electron chi connectivity index (χ1n) is 17.9. The van der Waals surface area contributed by atoms with E-state index < -0.39 is 35.8 Å². The van der Waals surface area contributed by atoms with Gasteiger partial charge in [-0.1, -0.05) is 26.2 Å². The van der Waals surface area contributed by atoms with Crippen molar-refractivity contribution in [3.8, 4) is 5.75 Å². The Hall–Kier alpha value is -4.04. The molecule has 282 valence electrons. The number of hydrogen-bond donors (Lipinski definition) is 4. The van der Waals surface area contributed by atoms with E-state index in [1.807, 2.05) is 13.8 Å². The van der Waals surface area contributed by atoms with Gasteiger partial charge in [-0.3, -0.25) is 4.79 Å². The maximum atomic E-state index is 14.4. The number of hydrogen-bond acceptors (Lipinski definition) is 6. The Morgan fingerprint density at radius 1 is 0.980 bits per heavy atom. The van der Waals surface area contributed by atoms with Crippen molar-refractivity contribution < 1.29 is 42.1 Å². The van der Waals surface area contributed by atoms with Gasteiger partial charge in [0.1, 0.15) is 5.75 Å². The maximum Gasteiger partial charge on any atom is 0.416 e. The number of rotatable bonds is 7. The lowest BCUT2D eigenvalue weighted by molar-refractivity contribution is -0.137. The fourth-order valence-electron chi connectivity index (χ4n) is 6.38. The number of carbonyl (C=O) groups excluding carboxylic acids is 3. The number of urea groups is 2. The molecule has 0 saturated heterocycles. The highest BCUT2D eigenvalue weighted by atomic mass is 19.4. The number of aliphatic hydroxyl groups excluding tert-OH is 1. The van der Waals surface area contributed by atoms with Crippen molar-refractivity contribution in [1.82, 2.24) is 15.1 Å². The third-order valence-corrected chi connectivity index (χ3v) is 9.51. The van der Waals surface area contributed by atoms with Crippen LogP contribution in [-0.2, 0) is 10.9 Å². The number of aliphatic hydroxyl groups is 1. The molecule has 14 heteroatoms. The lowest BCUT2D eigenvalue weighted by atomic mass is 9.96. The molecule has 0 spiro atoms. The van der Waals surface area contributed by atoms with E-state index in [1.165, 1.54) is 12.5 Å². The molecule has 0 aromatic heterocycles. The number of halogens is 3. The Kier molecular flexibility index (Phi) is 14.4. The number of likely N-dealkylation sites (N-methyl/N-ethyl adjacent to an activating group) is 1. The summed E-state index contributed by atoms with van der Waals surface area (Å²) in [6.07, 6.45) is 2.44. The highest BCUT2D eigenvalue weighted by Crippen LogP contribution is 2.31. The number of benzene rings is 2. The molecule has 1 fully saturated rings. The molecule has 4 N–H and O–H groups in total. The fourth-order valence-corrected chi connectivity index (χ4v) is 6.38. The van der Waals surface area contributed by atoms with Gasteiger partial charge >= 0.3 is 18.2 Å². The van der Waals surface area contributed by atoms with Crippen LogP contribution in [0.3, 0.4) is 0 Å². The van der Waals surface area contributed by atoms with Crippen LogP contribution in [-0.4, -0.2) is 90.5 Å². The van der Waals surface area contributed by atoms with Crippen molar-refractivity contribution >= 4 is 29.3 Å². The zero-order valence-corrected chi connectivity index (χ0v) is 29.9. The Bertz CT molecular complexity index is 1450. The number of amides is 5. The zero-order chi connectivity index (χ0) is 37.1. The molecule has 0 bridgehead atoms. The van der Waals surface area contributed by atoms with E-state index in [1.54, 1.807) is 35.9 Å². The van der Waals surface area contributed by atoms with Gasteiger partial charge in [-0.25, -0.2) is 9.59 Å². The van der Waals surface area contributed by atoms with Gasteiger partial charge in [0.15, 0.2) is 0 Å². The van der Waals surface area contributed by atoms with Crippen LogP contribution in [0, 0.1) is 5.92 Å². The van der Waals surface area contributed by atoms with Crippen LogP contribution in [0.4, 0.5) is 34.1 Å². The van der Waals surface area contributed by atoms with Gasteiger partial charge in [0.25, 0.3) is 5.91 Å². The van der Waals surface area contributed by atoms with Gasteiger partial charge in [-0.2, -0.15) is 13.2 Å². The molecular weight excluding hydrogens is 667 g/mol. The molecule has 4 atom stereocenters. The van der Waals surface area contributed by atoms with E-state index in [2.05, 4.69) is 16.0 Å². The normalized spacial score (nSPS) is 21.8. The topological polar surface area (TPSA) is 132 Å². The van der Waals surface area contributed by atoms with Crippen LogP contribution in [0.15, 0.2) is 42.5 Å². The highest BCUT2D eigenvalue weighted by molar-refractivity contribution is 6.02. The van der Waals surface area contributed by atoms with Crippen molar-refractivity contribution in [2.45, 2.75) is 103 Å². The van der Waals surface area contributed by atoms with Gasteiger partial charge in [0.2, 0.25) is 0 Å². The molecule has 1 aliphatic carbocycles.